The third-order valence-corrected chi connectivity index (χ3v) is 3.99. The molecule has 0 spiro atoms. The second kappa shape index (κ2) is 4.92. The number of sulfone groups is 1. The van der Waals surface area contributed by atoms with E-state index in [2.05, 4.69) is 15.5 Å². The number of nitrogens with one attached hydrogen (secondary N) is 1. The third kappa shape index (κ3) is 2.79. The van der Waals surface area contributed by atoms with Crippen molar-refractivity contribution >= 4 is 9.84 Å². The Kier molecular flexibility index (Phi) is 4.03. The van der Waals surface area contributed by atoms with Crippen molar-refractivity contribution in [3.8, 4) is 0 Å². The average Bonchev–Trinajstić information content (AvgIpc) is 2.66. The van der Waals surface area contributed by atoms with E-state index in [0.717, 1.165) is 12.7 Å². The lowest BCUT2D eigenvalue weighted by Crippen LogP contribution is -2.15. The molecular weight excluding hydrogens is 230 g/mol. The van der Waals surface area contributed by atoms with Gasteiger partial charge in [0.1, 0.15) is 5.25 Å². The molecule has 2 atom stereocenters. The van der Waals surface area contributed by atoms with Crippen molar-refractivity contribution in [1.29, 1.82) is 0 Å². The molecule has 1 aromatic rings. The summed E-state index contributed by atoms with van der Waals surface area (Å²) in [6.07, 6.45) is 1.95. The van der Waals surface area contributed by atoms with Crippen LogP contribution in [0.5, 0.6) is 0 Å². The molecule has 1 aromatic heterocycles. The van der Waals surface area contributed by atoms with Gasteiger partial charge in [0, 0.05) is 6.26 Å². The fraction of sp³-hybridized carbons (Fsp3) is 0.778. The molecule has 0 saturated heterocycles. The van der Waals surface area contributed by atoms with Crippen molar-refractivity contribution in [1.82, 2.24) is 15.5 Å². The van der Waals surface area contributed by atoms with Crippen LogP contribution < -0.4 is 5.32 Å². The van der Waals surface area contributed by atoms with Crippen LogP contribution in [0, 0.1) is 0 Å². The summed E-state index contributed by atoms with van der Waals surface area (Å²) in [6, 6.07) is -0.0342. The first kappa shape index (κ1) is 13.1. The van der Waals surface area contributed by atoms with Gasteiger partial charge in [-0.3, -0.25) is 0 Å². The Bertz CT molecular complexity index is 437. The average molecular weight is 247 g/mol. The molecule has 0 amide bonds. The Morgan fingerprint density at radius 1 is 1.38 bits per heavy atom. The van der Waals surface area contributed by atoms with Crippen molar-refractivity contribution < 1.29 is 12.8 Å². The summed E-state index contributed by atoms with van der Waals surface area (Å²) in [6.45, 7) is 3.51. The minimum atomic E-state index is -3.20. The van der Waals surface area contributed by atoms with Gasteiger partial charge in [0.15, 0.2) is 9.84 Å². The van der Waals surface area contributed by atoms with E-state index in [1.165, 1.54) is 6.92 Å². The maximum Gasteiger partial charge on any atom is 0.234 e. The van der Waals surface area contributed by atoms with Crippen LogP contribution in [-0.4, -0.2) is 31.9 Å². The Hall–Kier alpha value is -0.950. The minimum Gasteiger partial charge on any atom is -0.422 e. The van der Waals surface area contributed by atoms with Crippen LogP contribution >= 0.6 is 0 Å². The summed E-state index contributed by atoms with van der Waals surface area (Å²) in [4.78, 5) is 0. The van der Waals surface area contributed by atoms with Gasteiger partial charge < -0.3 is 9.73 Å². The van der Waals surface area contributed by atoms with Crippen LogP contribution in [0.2, 0.25) is 0 Å². The van der Waals surface area contributed by atoms with Gasteiger partial charge in [-0.25, -0.2) is 8.42 Å². The zero-order valence-electron chi connectivity index (χ0n) is 9.89. The molecule has 0 aliphatic carbocycles. The van der Waals surface area contributed by atoms with Crippen LogP contribution in [0.1, 0.15) is 43.3 Å². The lowest BCUT2D eigenvalue weighted by Gasteiger charge is -2.08. The maximum atomic E-state index is 11.3. The first-order valence-electron chi connectivity index (χ1n) is 5.09. The summed E-state index contributed by atoms with van der Waals surface area (Å²) in [5.74, 6) is 0.571. The highest BCUT2D eigenvalue weighted by atomic mass is 32.2. The normalized spacial score (nSPS) is 16.0. The summed E-state index contributed by atoms with van der Waals surface area (Å²) < 4.78 is 28.0. The molecule has 1 N–H and O–H groups in total. The third-order valence-electron chi connectivity index (χ3n) is 2.50. The molecule has 6 nitrogen and oxygen atoms in total. The first-order valence-corrected chi connectivity index (χ1v) is 7.05. The Morgan fingerprint density at radius 3 is 2.38 bits per heavy atom. The molecular formula is C9H17N3O3S. The molecule has 2 unspecified atom stereocenters. The van der Waals surface area contributed by atoms with Crippen LogP contribution in [0.15, 0.2) is 4.42 Å². The number of nitrogens with zero attached hydrogens (tertiary/aromatic N) is 2. The number of rotatable bonds is 5. The van der Waals surface area contributed by atoms with Crippen molar-refractivity contribution in [2.75, 3.05) is 13.3 Å². The predicted octanol–water partition coefficient (Wildman–Crippen LogP) is 0.846. The maximum absolute atomic E-state index is 11.3. The zero-order valence-corrected chi connectivity index (χ0v) is 10.7. The van der Waals surface area contributed by atoms with Gasteiger partial charge in [-0.1, -0.05) is 6.92 Å². The topological polar surface area (TPSA) is 85.1 Å². The molecule has 1 rings (SSSR count). The fourth-order valence-corrected chi connectivity index (χ4v) is 1.70. The molecule has 0 aliphatic rings. The Labute approximate surface area is 95.4 Å². The second-order valence-electron chi connectivity index (χ2n) is 3.70. The van der Waals surface area contributed by atoms with Crippen LogP contribution in [0.3, 0.4) is 0 Å². The highest BCUT2D eigenvalue weighted by Crippen LogP contribution is 2.22. The molecule has 0 bridgehead atoms. The van der Waals surface area contributed by atoms with Crippen molar-refractivity contribution in [3.63, 3.8) is 0 Å². The summed E-state index contributed by atoms with van der Waals surface area (Å²) in [7, 11) is -1.41. The quantitative estimate of drug-likeness (QED) is 0.830. The van der Waals surface area contributed by atoms with E-state index in [1.807, 2.05) is 6.92 Å². The SMILES string of the molecule is CCC(NC)c1nnc(C(C)S(C)(=O)=O)o1. The summed E-state index contributed by atoms with van der Waals surface area (Å²) in [5.41, 5.74) is 0. The Morgan fingerprint density at radius 2 is 1.94 bits per heavy atom. The van der Waals surface area contributed by atoms with Crippen LogP contribution in [0.25, 0.3) is 0 Å². The molecule has 16 heavy (non-hydrogen) atoms. The summed E-state index contributed by atoms with van der Waals surface area (Å²) in [5, 5.41) is 9.87. The molecule has 1 heterocycles. The smallest absolute Gasteiger partial charge is 0.234 e. The zero-order chi connectivity index (χ0) is 12.3. The molecule has 0 radical (unpaired) electrons. The van der Waals surface area contributed by atoms with E-state index in [4.69, 9.17) is 4.42 Å². The van der Waals surface area contributed by atoms with Crippen molar-refractivity contribution in [2.45, 2.75) is 31.6 Å². The summed E-state index contributed by atoms with van der Waals surface area (Å²) >= 11 is 0. The predicted molar refractivity (Wildman–Crippen MR) is 59.6 cm³/mol. The van der Waals surface area contributed by atoms with Gasteiger partial charge in [0.05, 0.1) is 6.04 Å². The van der Waals surface area contributed by atoms with Crippen molar-refractivity contribution in [3.05, 3.63) is 11.8 Å². The van der Waals surface area contributed by atoms with E-state index < -0.39 is 15.1 Å². The molecule has 0 aromatic carbocycles. The second-order valence-corrected chi connectivity index (χ2v) is 6.07. The lowest BCUT2D eigenvalue weighted by molar-refractivity contribution is 0.385. The highest BCUT2D eigenvalue weighted by Gasteiger charge is 2.25. The van der Waals surface area contributed by atoms with Gasteiger partial charge >= 0.3 is 0 Å². The van der Waals surface area contributed by atoms with Crippen LogP contribution in [0.4, 0.5) is 0 Å². The molecule has 92 valence electrons. The molecule has 0 aliphatic heterocycles. The largest absolute Gasteiger partial charge is 0.422 e. The van der Waals surface area contributed by atoms with E-state index in [1.54, 1.807) is 7.05 Å². The van der Waals surface area contributed by atoms with E-state index in [9.17, 15) is 8.42 Å². The first-order chi connectivity index (χ1) is 7.40. The fourth-order valence-electron chi connectivity index (χ4n) is 1.24. The van der Waals surface area contributed by atoms with Gasteiger partial charge in [-0.05, 0) is 20.4 Å². The van der Waals surface area contributed by atoms with Gasteiger partial charge in [0.25, 0.3) is 0 Å². The molecule has 0 saturated carbocycles. The highest BCUT2D eigenvalue weighted by molar-refractivity contribution is 7.90. The number of hydrogen-bond acceptors (Lipinski definition) is 6. The molecule has 0 fully saturated rings. The standard InChI is InChI=1S/C9H17N3O3S/c1-5-7(10-3)9-12-11-8(15-9)6(2)16(4,13)14/h6-7,10H,5H2,1-4H3. The van der Waals surface area contributed by atoms with E-state index in [0.29, 0.717) is 5.89 Å². The number of hydrogen-bond donors (Lipinski definition) is 1. The van der Waals surface area contributed by atoms with E-state index in [-0.39, 0.29) is 11.9 Å². The Balaban J connectivity index is 2.95. The lowest BCUT2D eigenvalue weighted by atomic mass is 10.2. The van der Waals surface area contributed by atoms with Crippen LogP contribution in [-0.2, 0) is 9.84 Å². The molecule has 7 heteroatoms. The van der Waals surface area contributed by atoms with Gasteiger partial charge in [-0.2, -0.15) is 0 Å². The van der Waals surface area contributed by atoms with Crippen molar-refractivity contribution in [2.24, 2.45) is 0 Å². The minimum absolute atomic E-state index is 0.0342. The van der Waals surface area contributed by atoms with E-state index >= 15 is 0 Å². The number of aromatic nitrogens is 2. The van der Waals surface area contributed by atoms with Gasteiger partial charge in [-0.15, -0.1) is 10.2 Å². The monoisotopic (exact) mass is 247 g/mol. The van der Waals surface area contributed by atoms with Gasteiger partial charge in [0.2, 0.25) is 11.8 Å².